The molecule has 204 valence electrons. The van der Waals surface area contributed by atoms with Crippen molar-refractivity contribution in [2.24, 2.45) is 0 Å². The molecule has 39 heavy (non-hydrogen) atoms. The molecule has 0 atom stereocenters. The standard InChI is InChI=1S/C19H18N2O2.C12H18N2OS/c1-14-6-8-16(9-7-14)19-17(13-22)12-21(20-19)11-15-4-3-5-18(10-15)23-2;1-10-3-4-11(13-2)9-12(10)16-14-5-7-15-8-6-14/h3-10,12-13H,11H2,1-2H3;3-4,9,13H,5-8H2,1-2H3. The van der Waals surface area contributed by atoms with Crippen molar-refractivity contribution in [3.05, 3.63) is 95.2 Å². The third-order valence-corrected chi connectivity index (χ3v) is 7.65. The summed E-state index contributed by atoms with van der Waals surface area (Å²) in [6.07, 6.45) is 2.63. The number of aryl methyl sites for hydroxylation is 2. The Hall–Kier alpha value is -3.59. The smallest absolute Gasteiger partial charge is 0.153 e. The maximum atomic E-state index is 11.4. The van der Waals surface area contributed by atoms with Crippen molar-refractivity contribution in [3.63, 3.8) is 0 Å². The number of aldehydes is 1. The zero-order valence-corrected chi connectivity index (χ0v) is 23.8. The van der Waals surface area contributed by atoms with E-state index < -0.39 is 0 Å². The second kappa shape index (κ2) is 14.0. The molecule has 2 heterocycles. The van der Waals surface area contributed by atoms with Crippen LogP contribution in [0.15, 0.2) is 77.8 Å². The number of nitrogens with zero attached hydrogens (tertiary/aromatic N) is 3. The van der Waals surface area contributed by atoms with E-state index in [4.69, 9.17) is 9.47 Å². The Bertz CT molecular complexity index is 1360. The molecule has 1 aliphatic rings. The Balaban J connectivity index is 0.000000193. The lowest BCUT2D eigenvalue weighted by Crippen LogP contribution is -2.30. The molecule has 0 saturated carbocycles. The van der Waals surface area contributed by atoms with Crippen molar-refractivity contribution in [1.82, 2.24) is 14.1 Å². The first kappa shape index (κ1) is 28.4. The largest absolute Gasteiger partial charge is 0.497 e. The van der Waals surface area contributed by atoms with Crippen LogP contribution >= 0.6 is 11.9 Å². The summed E-state index contributed by atoms with van der Waals surface area (Å²) in [6.45, 7) is 8.48. The van der Waals surface area contributed by atoms with Gasteiger partial charge in [-0.25, -0.2) is 4.31 Å². The number of benzene rings is 3. The van der Waals surface area contributed by atoms with Gasteiger partial charge in [0.25, 0.3) is 0 Å². The molecule has 1 N–H and O–H groups in total. The van der Waals surface area contributed by atoms with Gasteiger partial charge in [-0.3, -0.25) is 9.48 Å². The Morgan fingerprint density at radius 3 is 2.51 bits per heavy atom. The van der Waals surface area contributed by atoms with Crippen LogP contribution in [-0.2, 0) is 11.3 Å². The third-order valence-electron chi connectivity index (χ3n) is 6.40. The van der Waals surface area contributed by atoms with Gasteiger partial charge in [-0.05, 0) is 61.2 Å². The number of anilines is 1. The Labute approximate surface area is 235 Å². The highest BCUT2D eigenvalue weighted by molar-refractivity contribution is 7.97. The van der Waals surface area contributed by atoms with E-state index in [1.165, 1.54) is 21.7 Å². The fourth-order valence-corrected chi connectivity index (χ4v) is 5.13. The van der Waals surface area contributed by atoms with Crippen molar-refractivity contribution in [2.45, 2.75) is 25.3 Å². The van der Waals surface area contributed by atoms with Crippen molar-refractivity contribution >= 4 is 23.9 Å². The monoisotopic (exact) mass is 544 g/mol. The Kier molecular flexibility index (Phi) is 10.2. The van der Waals surface area contributed by atoms with Crippen LogP contribution in [0, 0.1) is 13.8 Å². The maximum Gasteiger partial charge on any atom is 0.153 e. The molecular weight excluding hydrogens is 508 g/mol. The van der Waals surface area contributed by atoms with Crippen LogP contribution in [0.2, 0.25) is 0 Å². The number of nitrogens with one attached hydrogen (secondary N) is 1. The molecule has 1 aromatic heterocycles. The normalized spacial score (nSPS) is 13.3. The number of hydrogen-bond acceptors (Lipinski definition) is 7. The number of rotatable bonds is 8. The summed E-state index contributed by atoms with van der Waals surface area (Å²) in [6, 6.07) is 22.3. The van der Waals surface area contributed by atoms with E-state index in [0.29, 0.717) is 17.8 Å². The first-order chi connectivity index (χ1) is 19.0. The van der Waals surface area contributed by atoms with Gasteiger partial charge in [0.15, 0.2) is 6.29 Å². The highest BCUT2D eigenvalue weighted by Gasteiger charge is 2.13. The molecule has 1 saturated heterocycles. The Morgan fingerprint density at radius 2 is 1.82 bits per heavy atom. The summed E-state index contributed by atoms with van der Waals surface area (Å²) in [7, 11) is 3.60. The van der Waals surface area contributed by atoms with E-state index in [2.05, 4.69) is 39.8 Å². The lowest BCUT2D eigenvalue weighted by molar-refractivity contribution is 0.0773. The van der Waals surface area contributed by atoms with E-state index in [9.17, 15) is 4.79 Å². The molecule has 1 fully saturated rings. The van der Waals surface area contributed by atoms with Crippen LogP contribution in [0.4, 0.5) is 5.69 Å². The molecule has 1 aliphatic heterocycles. The molecule has 0 aliphatic carbocycles. The second-order valence-electron chi connectivity index (χ2n) is 9.33. The molecular formula is C31H36N4O3S. The predicted octanol–water partition coefficient (Wildman–Crippen LogP) is 6.10. The number of carbonyl (C=O) groups excluding carboxylic acids is 1. The number of methoxy groups -OCH3 is 1. The van der Waals surface area contributed by atoms with Gasteiger partial charge in [0, 0.05) is 42.5 Å². The second-order valence-corrected chi connectivity index (χ2v) is 10.5. The molecule has 0 amide bonds. The molecule has 0 radical (unpaired) electrons. The number of aromatic nitrogens is 2. The van der Waals surface area contributed by atoms with E-state index in [-0.39, 0.29) is 0 Å². The molecule has 8 heteroatoms. The van der Waals surface area contributed by atoms with Gasteiger partial charge in [-0.15, -0.1) is 0 Å². The van der Waals surface area contributed by atoms with Gasteiger partial charge in [0.2, 0.25) is 0 Å². The average molecular weight is 545 g/mol. The summed E-state index contributed by atoms with van der Waals surface area (Å²) in [5, 5.41) is 7.75. The van der Waals surface area contributed by atoms with Gasteiger partial charge in [-0.1, -0.05) is 48.0 Å². The molecule has 3 aromatic carbocycles. The minimum Gasteiger partial charge on any atom is -0.497 e. The van der Waals surface area contributed by atoms with Crippen LogP contribution in [-0.4, -0.2) is 60.8 Å². The fraction of sp³-hybridized carbons (Fsp3) is 0.290. The van der Waals surface area contributed by atoms with Crippen molar-refractivity contribution in [2.75, 3.05) is 45.8 Å². The topological polar surface area (TPSA) is 68.6 Å². The summed E-state index contributed by atoms with van der Waals surface area (Å²) < 4.78 is 14.7. The quantitative estimate of drug-likeness (QED) is 0.212. The van der Waals surface area contributed by atoms with Crippen molar-refractivity contribution in [1.29, 1.82) is 0 Å². The third kappa shape index (κ3) is 7.95. The summed E-state index contributed by atoms with van der Waals surface area (Å²) in [5.41, 5.74) is 7.00. The van der Waals surface area contributed by atoms with Gasteiger partial charge in [0.1, 0.15) is 11.4 Å². The minimum atomic E-state index is 0.587. The number of ether oxygens (including phenoxy) is 2. The SMILES string of the molecule is CNc1ccc(C)c(SN2CCOCC2)c1.COc1cccc(Cn2cc(C=O)c(-c3ccc(C)cc3)n2)c1. The van der Waals surface area contributed by atoms with E-state index >= 15 is 0 Å². The number of hydrogen-bond donors (Lipinski definition) is 1. The number of morpholine rings is 1. The van der Waals surface area contributed by atoms with Crippen LogP contribution in [0.1, 0.15) is 27.0 Å². The molecule has 5 rings (SSSR count). The van der Waals surface area contributed by atoms with Gasteiger partial charge in [-0.2, -0.15) is 5.10 Å². The molecule has 4 aromatic rings. The van der Waals surface area contributed by atoms with Crippen LogP contribution < -0.4 is 10.1 Å². The van der Waals surface area contributed by atoms with E-state index in [0.717, 1.165) is 49.5 Å². The summed E-state index contributed by atoms with van der Waals surface area (Å²) in [4.78, 5) is 12.7. The molecule has 7 nitrogen and oxygen atoms in total. The molecule has 0 unspecified atom stereocenters. The fourth-order valence-electron chi connectivity index (χ4n) is 4.13. The molecule has 0 spiro atoms. The van der Waals surface area contributed by atoms with Crippen molar-refractivity contribution in [3.8, 4) is 17.0 Å². The maximum absolute atomic E-state index is 11.4. The predicted molar refractivity (Wildman–Crippen MR) is 159 cm³/mol. The lowest BCUT2D eigenvalue weighted by Gasteiger charge is -2.26. The van der Waals surface area contributed by atoms with Crippen LogP contribution in [0.3, 0.4) is 0 Å². The minimum absolute atomic E-state index is 0.587. The summed E-state index contributed by atoms with van der Waals surface area (Å²) in [5.74, 6) is 0.809. The number of carbonyl (C=O) groups is 1. The zero-order chi connectivity index (χ0) is 27.6. The summed E-state index contributed by atoms with van der Waals surface area (Å²) >= 11 is 1.83. The van der Waals surface area contributed by atoms with Gasteiger partial charge < -0.3 is 14.8 Å². The highest BCUT2D eigenvalue weighted by Crippen LogP contribution is 2.29. The van der Waals surface area contributed by atoms with Crippen LogP contribution in [0.25, 0.3) is 11.3 Å². The average Bonchev–Trinajstić information content (AvgIpc) is 3.38. The van der Waals surface area contributed by atoms with Crippen molar-refractivity contribution < 1.29 is 14.3 Å². The first-order valence-electron chi connectivity index (χ1n) is 13.0. The zero-order valence-electron chi connectivity index (χ0n) is 23.0. The van der Waals surface area contributed by atoms with Gasteiger partial charge in [0.05, 0.1) is 32.4 Å². The van der Waals surface area contributed by atoms with E-state index in [1.807, 2.05) is 74.5 Å². The first-order valence-corrected chi connectivity index (χ1v) is 13.8. The highest BCUT2D eigenvalue weighted by atomic mass is 32.2. The van der Waals surface area contributed by atoms with Gasteiger partial charge >= 0.3 is 0 Å². The molecule has 0 bridgehead atoms. The van der Waals surface area contributed by atoms with E-state index in [1.54, 1.807) is 18.0 Å². The lowest BCUT2D eigenvalue weighted by atomic mass is 10.1. The van der Waals surface area contributed by atoms with Crippen LogP contribution in [0.5, 0.6) is 5.75 Å². The Morgan fingerprint density at radius 1 is 1.05 bits per heavy atom.